The van der Waals surface area contributed by atoms with Crippen LogP contribution in [0.4, 0.5) is 5.69 Å². The van der Waals surface area contributed by atoms with Crippen LogP contribution in [0.15, 0.2) is 18.2 Å². The van der Waals surface area contributed by atoms with Crippen molar-refractivity contribution in [1.82, 2.24) is 5.32 Å². The van der Waals surface area contributed by atoms with Crippen molar-refractivity contribution in [3.8, 4) is 0 Å². The zero-order valence-electron chi connectivity index (χ0n) is 11.6. The van der Waals surface area contributed by atoms with Gasteiger partial charge in [0.25, 0.3) is 0 Å². The molecule has 2 N–H and O–H groups in total. The Morgan fingerprint density at radius 1 is 1.47 bits per heavy atom. The van der Waals surface area contributed by atoms with Crippen molar-refractivity contribution in [2.45, 2.75) is 26.3 Å². The number of carbonyl (C=O) groups is 1. The van der Waals surface area contributed by atoms with E-state index in [-0.39, 0.29) is 11.9 Å². The van der Waals surface area contributed by atoms with Crippen molar-refractivity contribution in [2.75, 3.05) is 25.6 Å². The lowest BCUT2D eigenvalue weighted by atomic mass is 10.2. The zero-order chi connectivity index (χ0) is 14.3. The van der Waals surface area contributed by atoms with Crippen LogP contribution in [0.5, 0.6) is 0 Å². The summed E-state index contributed by atoms with van der Waals surface area (Å²) in [4.78, 5) is 11.9. The summed E-state index contributed by atoms with van der Waals surface area (Å²) in [5.41, 5.74) is 1.94. The number of anilines is 1. The molecular weight excluding hydrogens is 264 g/mol. The average Bonchev–Trinajstić information content (AvgIpc) is 2.38. The van der Waals surface area contributed by atoms with Gasteiger partial charge in [-0.1, -0.05) is 17.7 Å². The van der Waals surface area contributed by atoms with Crippen molar-refractivity contribution in [1.29, 1.82) is 0 Å². The molecule has 0 spiro atoms. The van der Waals surface area contributed by atoms with Gasteiger partial charge in [-0.2, -0.15) is 0 Å². The van der Waals surface area contributed by atoms with Crippen LogP contribution in [-0.2, 0) is 9.53 Å². The van der Waals surface area contributed by atoms with Gasteiger partial charge in [-0.3, -0.25) is 4.79 Å². The van der Waals surface area contributed by atoms with E-state index in [0.717, 1.165) is 17.7 Å². The monoisotopic (exact) mass is 284 g/mol. The molecule has 0 fully saturated rings. The Morgan fingerprint density at radius 2 is 2.21 bits per heavy atom. The number of aryl methyl sites for hydroxylation is 1. The molecule has 19 heavy (non-hydrogen) atoms. The van der Waals surface area contributed by atoms with Gasteiger partial charge in [0, 0.05) is 31.0 Å². The number of nitrogens with one attached hydrogen (secondary N) is 2. The molecule has 0 saturated carbocycles. The standard InChI is InChI=1S/C14H21ClN2O2/c1-10-5-6-12(15)9-13(10)17-11(2)14(18)16-7-4-8-19-3/h5-6,9,11,17H,4,7-8H2,1-3H3,(H,16,18). The fraction of sp³-hybridized carbons (Fsp3) is 0.500. The highest BCUT2D eigenvalue weighted by molar-refractivity contribution is 6.30. The number of halogens is 1. The van der Waals surface area contributed by atoms with Gasteiger partial charge >= 0.3 is 0 Å². The lowest BCUT2D eigenvalue weighted by Gasteiger charge is -2.17. The third-order valence-electron chi connectivity index (χ3n) is 2.79. The summed E-state index contributed by atoms with van der Waals surface area (Å²) in [6, 6.07) is 5.27. The Kier molecular flexibility index (Phi) is 6.67. The van der Waals surface area contributed by atoms with E-state index < -0.39 is 0 Å². The van der Waals surface area contributed by atoms with Crippen LogP contribution < -0.4 is 10.6 Å². The molecule has 1 amide bonds. The smallest absolute Gasteiger partial charge is 0.242 e. The van der Waals surface area contributed by atoms with Gasteiger partial charge in [0.1, 0.15) is 6.04 Å². The molecule has 4 nitrogen and oxygen atoms in total. The first-order valence-electron chi connectivity index (χ1n) is 6.34. The second-order valence-corrected chi connectivity index (χ2v) is 4.90. The number of hydrogen-bond donors (Lipinski definition) is 2. The molecule has 0 aliphatic heterocycles. The number of ether oxygens (including phenoxy) is 1. The maximum absolute atomic E-state index is 11.9. The van der Waals surface area contributed by atoms with Crippen molar-refractivity contribution in [2.24, 2.45) is 0 Å². The molecule has 0 aliphatic carbocycles. The quantitative estimate of drug-likeness (QED) is 0.757. The molecular formula is C14H21ClN2O2. The molecule has 0 saturated heterocycles. The maximum atomic E-state index is 11.9. The van der Waals surface area contributed by atoms with Gasteiger partial charge in [0.2, 0.25) is 5.91 Å². The highest BCUT2D eigenvalue weighted by Crippen LogP contribution is 2.20. The van der Waals surface area contributed by atoms with Crippen LogP contribution in [0.25, 0.3) is 0 Å². The van der Waals surface area contributed by atoms with Gasteiger partial charge in [-0.25, -0.2) is 0 Å². The SMILES string of the molecule is COCCCNC(=O)C(C)Nc1cc(Cl)ccc1C. The van der Waals surface area contributed by atoms with E-state index in [4.69, 9.17) is 16.3 Å². The maximum Gasteiger partial charge on any atom is 0.242 e. The minimum atomic E-state index is -0.306. The van der Waals surface area contributed by atoms with Crippen LogP contribution in [0.2, 0.25) is 5.02 Å². The summed E-state index contributed by atoms with van der Waals surface area (Å²) in [6.07, 6.45) is 0.811. The summed E-state index contributed by atoms with van der Waals surface area (Å²) in [5.74, 6) is -0.0320. The molecule has 1 aromatic rings. The number of hydrogen-bond acceptors (Lipinski definition) is 3. The fourth-order valence-corrected chi connectivity index (χ4v) is 1.80. The van der Waals surface area contributed by atoms with Gasteiger partial charge in [-0.05, 0) is 38.0 Å². The van der Waals surface area contributed by atoms with Gasteiger partial charge < -0.3 is 15.4 Å². The molecule has 5 heteroatoms. The van der Waals surface area contributed by atoms with Gasteiger partial charge in [-0.15, -0.1) is 0 Å². The first-order valence-corrected chi connectivity index (χ1v) is 6.71. The first-order chi connectivity index (χ1) is 9.04. The number of amides is 1. The van der Waals surface area contributed by atoms with Gasteiger partial charge in [0.05, 0.1) is 0 Å². The summed E-state index contributed by atoms with van der Waals surface area (Å²) < 4.78 is 4.93. The predicted octanol–water partition coefficient (Wildman–Crippen LogP) is 2.60. The number of benzene rings is 1. The molecule has 1 rings (SSSR count). The van der Waals surface area contributed by atoms with Crippen molar-refractivity contribution >= 4 is 23.2 Å². The van der Waals surface area contributed by atoms with E-state index in [1.165, 1.54) is 0 Å². The van der Waals surface area contributed by atoms with Crippen LogP contribution >= 0.6 is 11.6 Å². The van der Waals surface area contributed by atoms with Gasteiger partial charge in [0.15, 0.2) is 0 Å². The Bertz CT molecular complexity index is 424. The number of carbonyl (C=O) groups excluding carboxylic acids is 1. The Labute approximate surface area is 119 Å². The Morgan fingerprint density at radius 3 is 2.89 bits per heavy atom. The zero-order valence-corrected chi connectivity index (χ0v) is 12.4. The van der Waals surface area contributed by atoms with Crippen LogP contribution in [0, 0.1) is 6.92 Å². The average molecular weight is 285 g/mol. The molecule has 0 heterocycles. The minimum absolute atomic E-state index is 0.0320. The summed E-state index contributed by atoms with van der Waals surface area (Å²) in [5, 5.41) is 6.67. The second-order valence-electron chi connectivity index (χ2n) is 4.46. The summed E-state index contributed by atoms with van der Waals surface area (Å²) >= 11 is 5.94. The van der Waals surface area contributed by atoms with E-state index in [0.29, 0.717) is 18.2 Å². The highest BCUT2D eigenvalue weighted by Gasteiger charge is 2.12. The molecule has 106 valence electrons. The molecule has 1 atom stereocenters. The first kappa shape index (κ1) is 15.8. The Balaban J connectivity index is 2.47. The van der Waals surface area contributed by atoms with Crippen molar-refractivity contribution < 1.29 is 9.53 Å². The van der Waals surface area contributed by atoms with Crippen molar-refractivity contribution in [3.63, 3.8) is 0 Å². The topological polar surface area (TPSA) is 50.4 Å². The van der Waals surface area contributed by atoms with E-state index >= 15 is 0 Å². The molecule has 0 aromatic heterocycles. The predicted molar refractivity (Wildman–Crippen MR) is 78.8 cm³/mol. The summed E-state index contributed by atoms with van der Waals surface area (Å²) in [6.45, 7) is 5.07. The largest absolute Gasteiger partial charge is 0.385 e. The minimum Gasteiger partial charge on any atom is -0.385 e. The fourth-order valence-electron chi connectivity index (χ4n) is 1.63. The molecule has 1 aromatic carbocycles. The van der Waals surface area contributed by atoms with E-state index in [1.54, 1.807) is 7.11 Å². The van der Waals surface area contributed by atoms with E-state index in [9.17, 15) is 4.79 Å². The summed E-state index contributed by atoms with van der Waals surface area (Å²) in [7, 11) is 1.65. The second kappa shape index (κ2) is 8.02. The van der Waals surface area contributed by atoms with E-state index in [2.05, 4.69) is 10.6 Å². The third kappa shape index (κ3) is 5.49. The van der Waals surface area contributed by atoms with Crippen LogP contribution in [0.3, 0.4) is 0 Å². The normalized spacial score (nSPS) is 12.0. The van der Waals surface area contributed by atoms with Crippen LogP contribution in [0.1, 0.15) is 18.9 Å². The van der Waals surface area contributed by atoms with Crippen molar-refractivity contribution in [3.05, 3.63) is 28.8 Å². The third-order valence-corrected chi connectivity index (χ3v) is 3.02. The lowest BCUT2D eigenvalue weighted by molar-refractivity contribution is -0.121. The highest BCUT2D eigenvalue weighted by atomic mass is 35.5. The molecule has 1 unspecified atom stereocenters. The molecule has 0 bridgehead atoms. The molecule has 0 radical (unpaired) electrons. The Hall–Kier alpha value is -1.26. The van der Waals surface area contributed by atoms with E-state index in [1.807, 2.05) is 32.0 Å². The molecule has 0 aliphatic rings. The van der Waals surface area contributed by atoms with Crippen LogP contribution in [-0.4, -0.2) is 32.2 Å². The number of rotatable bonds is 7. The lowest BCUT2D eigenvalue weighted by Crippen LogP contribution is -2.38. The number of methoxy groups -OCH3 is 1.